The van der Waals surface area contributed by atoms with Crippen LogP contribution in [0.4, 0.5) is 0 Å². The number of hydrogen-bond acceptors (Lipinski definition) is 0. The average Bonchev–Trinajstić information content (AvgIpc) is 2.24. The van der Waals surface area contributed by atoms with E-state index >= 15 is 0 Å². The van der Waals surface area contributed by atoms with Gasteiger partial charge < -0.3 is 0 Å². The van der Waals surface area contributed by atoms with Crippen molar-refractivity contribution in [3.05, 3.63) is 11.6 Å². The van der Waals surface area contributed by atoms with Crippen molar-refractivity contribution in [2.75, 3.05) is 0 Å². The number of hydrogen-bond donors (Lipinski definition) is 0. The molecule has 14 heavy (non-hydrogen) atoms. The summed E-state index contributed by atoms with van der Waals surface area (Å²) < 4.78 is 0. The maximum absolute atomic E-state index is 2.35. The van der Waals surface area contributed by atoms with Crippen molar-refractivity contribution >= 4 is 0 Å². The zero-order chi connectivity index (χ0) is 11.2. The van der Waals surface area contributed by atoms with E-state index in [9.17, 15) is 0 Å². The van der Waals surface area contributed by atoms with Crippen molar-refractivity contribution in [2.45, 2.75) is 79.6 Å². The zero-order valence-electron chi connectivity index (χ0n) is 11.0. The van der Waals surface area contributed by atoms with Crippen LogP contribution in [0.1, 0.15) is 79.6 Å². The minimum absolute atomic E-state index is 1.33. The second-order valence-electron chi connectivity index (χ2n) is 3.65. The van der Waals surface area contributed by atoms with E-state index in [2.05, 4.69) is 26.8 Å². The van der Waals surface area contributed by atoms with Gasteiger partial charge in [0.25, 0.3) is 0 Å². The van der Waals surface area contributed by atoms with Crippen LogP contribution >= 0.6 is 0 Å². The Morgan fingerprint density at radius 2 is 1.64 bits per heavy atom. The first kappa shape index (κ1) is 16.2. The van der Waals surface area contributed by atoms with Crippen LogP contribution in [-0.2, 0) is 0 Å². The van der Waals surface area contributed by atoms with Crippen LogP contribution in [0.3, 0.4) is 0 Å². The normalized spacial score (nSPS) is 14.2. The van der Waals surface area contributed by atoms with Gasteiger partial charge in [0.05, 0.1) is 0 Å². The highest BCUT2D eigenvalue weighted by atomic mass is 14.0. The van der Waals surface area contributed by atoms with Crippen LogP contribution < -0.4 is 0 Å². The Balaban J connectivity index is 0. The smallest absolute Gasteiger partial charge is 0.0323 e. The van der Waals surface area contributed by atoms with E-state index in [4.69, 9.17) is 0 Å². The first-order valence-corrected chi connectivity index (χ1v) is 6.46. The molecule has 0 atom stereocenters. The summed E-state index contributed by atoms with van der Waals surface area (Å²) in [5.41, 5.74) is 1.59. The summed E-state index contributed by atoms with van der Waals surface area (Å²) >= 11 is 0. The lowest BCUT2D eigenvalue weighted by Gasteiger charge is -2.05. The highest BCUT2D eigenvalue weighted by molar-refractivity contribution is 5.00. The highest BCUT2D eigenvalue weighted by Gasteiger charge is 1.95. The molecule has 1 aliphatic rings. The molecule has 0 aliphatic heterocycles. The summed E-state index contributed by atoms with van der Waals surface area (Å²) in [7, 11) is 0. The average molecular weight is 198 g/mol. The van der Waals surface area contributed by atoms with E-state index in [0.29, 0.717) is 0 Å². The van der Waals surface area contributed by atoms with Gasteiger partial charge >= 0.3 is 0 Å². The first-order chi connectivity index (χ1) is 6.81. The zero-order valence-corrected chi connectivity index (χ0v) is 11.0. The highest BCUT2D eigenvalue weighted by Crippen LogP contribution is 2.15. The number of unbranched alkanes of at least 4 members (excludes halogenated alkanes) is 2. The molecule has 0 aromatic carbocycles. The lowest BCUT2D eigenvalue weighted by Crippen LogP contribution is -1.85. The van der Waals surface area contributed by atoms with Crippen LogP contribution in [0.5, 0.6) is 0 Å². The minimum atomic E-state index is 1.33. The second kappa shape index (κ2) is 15.2. The third kappa shape index (κ3) is 14.3. The maximum Gasteiger partial charge on any atom is -0.0323 e. The van der Waals surface area contributed by atoms with Crippen LogP contribution in [0.25, 0.3) is 0 Å². The van der Waals surface area contributed by atoms with Crippen molar-refractivity contribution in [1.82, 2.24) is 0 Å². The topological polar surface area (TPSA) is 0 Å². The molecule has 0 amide bonds. The molecular formula is C14H30. The van der Waals surface area contributed by atoms with Crippen molar-refractivity contribution in [1.29, 1.82) is 0 Å². The third-order valence-electron chi connectivity index (χ3n) is 2.23. The van der Waals surface area contributed by atoms with E-state index < -0.39 is 0 Å². The van der Waals surface area contributed by atoms with Gasteiger partial charge in [0.1, 0.15) is 0 Å². The molecule has 0 nitrogen and oxygen atoms in total. The predicted molar refractivity (Wildman–Crippen MR) is 68.8 cm³/mol. The van der Waals surface area contributed by atoms with Gasteiger partial charge in [-0.1, -0.05) is 58.6 Å². The summed E-state index contributed by atoms with van der Waals surface area (Å²) in [6, 6.07) is 0. The van der Waals surface area contributed by atoms with E-state index in [1.165, 1.54) is 44.9 Å². The largest absolute Gasteiger partial charge is 0.0856 e. The number of allylic oxidation sites excluding steroid dienone is 2. The molecule has 1 aliphatic carbocycles. The summed E-state index contributed by atoms with van der Waals surface area (Å²) in [6.07, 6.45) is 11.9. The van der Waals surface area contributed by atoms with E-state index in [-0.39, 0.29) is 0 Å². The van der Waals surface area contributed by atoms with Gasteiger partial charge in [-0.2, -0.15) is 0 Å². The quantitative estimate of drug-likeness (QED) is 0.497. The minimum Gasteiger partial charge on any atom is -0.0856 e. The summed E-state index contributed by atoms with van der Waals surface area (Å²) in [4.78, 5) is 0. The molecule has 86 valence electrons. The van der Waals surface area contributed by atoms with Crippen LogP contribution in [0.15, 0.2) is 11.6 Å². The molecule has 0 unspecified atom stereocenters. The Morgan fingerprint density at radius 3 is 1.79 bits per heavy atom. The Kier molecular flexibility index (Phi) is 17.6. The molecule has 0 radical (unpaired) electrons. The van der Waals surface area contributed by atoms with E-state index in [1.54, 1.807) is 5.57 Å². The summed E-state index contributed by atoms with van der Waals surface area (Å²) in [5, 5.41) is 0. The van der Waals surface area contributed by atoms with Crippen molar-refractivity contribution in [3.63, 3.8) is 0 Å². The SMILES string of the molecule is CC.CC1=CCCCC1.CCCCC. The fourth-order valence-electron chi connectivity index (χ4n) is 1.35. The van der Waals surface area contributed by atoms with Crippen molar-refractivity contribution in [2.24, 2.45) is 0 Å². The fourth-order valence-corrected chi connectivity index (χ4v) is 1.35. The molecule has 0 saturated carbocycles. The van der Waals surface area contributed by atoms with Crippen molar-refractivity contribution in [3.8, 4) is 0 Å². The van der Waals surface area contributed by atoms with Gasteiger partial charge in [0.2, 0.25) is 0 Å². The molecule has 1 rings (SSSR count). The Bertz CT molecular complexity index is 109. The summed E-state index contributed by atoms with van der Waals surface area (Å²) in [6.45, 7) is 10.6. The standard InChI is InChI=1S/C7H12.C5H12.C2H6/c1-7-5-3-2-4-6-7;1-3-5-4-2;1-2/h5H,2-4,6H2,1H3;3-5H2,1-2H3;1-2H3. The molecule has 0 bridgehead atoms. The van der Waals surface area contributed by atoms with Crippen LogP contribution in [0.2, 0.25) is 0 Å². The monoisotopic (exact) mass is 198 g/mol. The lowest BCUT2D eigenvalue weighted by molar-refractivity contribution is 0.702. The van der Waals surface area contributed by atoms with Crippen molar-refractivity contribution < 1.29 is 0 Å². The molecule has 0 saturated heterocycles. The Hall–Kier alpha value is -0.260. The third-order valence-corrected chi connectivity index (χ3v) is 2.23. The fraction of sp³-hybridized carbons (Fsp3) is 0.857. The van der Waals surface area contributed by atoms with Gasteiger partial charge in [-0.25, -0.2) is 0 Å². The van der Waals surface area contributed by atoms with Crippen LogP contribution in [0, 0.1) is 0 Å². The van der Waals surface area contributed by atoms with Gasteiger partial charge in [0, 0.05) is 0 Å². The number of rotatable bonds is 2. The second-order valence-corrected chi connectivity index (χ2v) is 3.65. The van der Waals surface area contributed by atoms with Crippen LogP contribution in [-0.4, -0.2) is 0 Å². The molecule has 0 N–H and O–H groups in total. The Labute approximate surface area is 91.8 Å². The van der Waals surface area contributed by atoms with Gasteiger partial charge in [-0.3, -0.25) is 0 Å². The summed E-state index contributed by atoms with van der Waals surface area (Å²) in [5.74, 6) is 0. The Morgan fingerprint density at radius 1 is 1.07 bits per heavy atom. The first-order valence-electron chi connectivity index (χ1n) is 6.46. The van der Waals surface area contributed by atoms with Gasteiger partial charge in [-0.05, 0) is 32.6 Å². The van der Waals surface area contributed by atoms with Gasteiger partial charge in [0.15, 0.2) is 0 Å². The van der Waals surface area contributed by atoms with E-state index in [1.807, 2.05) is 13.8 Å². The van der Waals surface area contributed by atoms with E-state index in [0.717, 1.165) is 0 Å². The lowest BCUT2D eigenvalue weighted by atomic mass is 10.0. The molecule has 0 heterocycles. The molecule has 0 heteroatoms. The molecule has 0 fully saturated rings. The molecule has 0 aromatic rings. The molecule has 0 aromatic heterocycles. The predicted octanol–water partition coefficient (Wildman–Crippen LogP) is 5.73. The van der Waals surface area contributed by atoms with Gasteiger partial charge in [-0.15, -0.1) is 0 Å². The molecule has 0 spiro atoms. The maximum atomic E-state index is 2.35. The molecular weight excluding hydrogens is 168 g/mol.